The van der Waals surface area contributed by atoms with Crippen LogP contribution in [0, 0.1) is 0 Å². The Balaban J connectivity index is 1.58. The Morgan fingerprint density at radius 2 is 1.58 bits per heavy atom. The van der Waals surface area contributed by atoms with E-state index >= 15 is 0 Å². The molecule has 5 nitrogen and oxygen atoms in total. The number of nitrogens with zero attached hydrogens (tertiary/aromatic N) is 1. The first-order valence-electron chi connectivity index (χ1n) is 12.6. The summed E-state index contributed by atoms with van der Waals surface area (Å²) in [6.45, 7) is 12.9. The van der Waals surface area contributed by atoms with Crippen molar-refractivity contribution in [3.63, 3.8) is 0 Å². The normalized spacial score (nSPS) is 12.1. The van der Waals surface area contributed by atoms with Crippen molar-refractivity contribution >= 4 is 39.7 Å². The van der Waals surface area contributed by atoms with Crippen LogP contribution in [0.3, 0.4) is 0 Å². The Kier molecular flexibility index (Phi) is 9.66. The van der Waals surface area contributed by atoms with E-state index in [0.29, 0.717) is 29.5 Å². The van der Waals surface area contributed by atoms with E-state index in [0.717, 1.165) is 32.3 Å². The minimum atomic E-state index is -0.211. The predicted octanol–water partition coefficient (Wildman–Crippen LogP) is 8.07. The average molecular weight is 600 g/mol. The summed E-state index contributed by atoms with van der Waals surface area (Å²) in [5.41, 5.74) is 6.84. The lowest BCUT2D eigenvalue weighted by atomic mass is 9.78. The lowest BCUT2D eigenvalue weighted by molar-refractivity contribution is -0.121. The van der Waals surface area contributed by atoms with Gasteiger partial charge in [0.2, 0.25) is 5.91 Å². The third kappa shape index (κ3) is 8.34. The van der Waals surface area contributed by atoms with Gasteiger partial charge in [0.25, 0.3) is 0 Å². The van der Waals surface area contributed by atoms with E-state index in [1.54, 1.807) is 6.21 Å². The number of carbonyl (C=O) groups is 1. The number of phenols is 1. The molecule has 0 saturated heterocycles. The molecular weight excluding hydrogens is 564 g/mol. The highest BCUT2D eigenvalue weighted by atomic mass is 79.9. The van der Waals surface area contributed by atoms with Gasteiger partial charge in [0.05, 0.1) is 10.7 Å². The van der Waals surface area contributed by atoms with Gasteiger partial charge < -0.3 is 9.84 Å². The number of hydrogen-bond acceptors (Lipinski definition) is 4. The van der Waals surface area contributed by atoms with Crippen LogP contribution in [0.5, 0.6) is 11.5 Å². The molecule has 0 spiro atoms. The first-order chi connectivity index (χ1) is 17.7. The fraction of sp³-hybridized carbons (Fsp3) is 0.355. The SMILES string of the molecule is CC(C)(C)c1cc(CCC(=O)N/N=C\c2ccc(OCc3ccc(Cl)cc3)c(Br)c2)cc(C(C)(C)C)c1O. The van der Waals surface area contributed by atoms with Gasteiger partial charge in [-0.1, -0.05) is 77.4 Å². The summed E-state index contributed by atoms with van der Waals surface area (Å²) in [6.07, 6.45) is 2.44. The van der Waals surface area contributed by atoms with Crippen LogP contribution in [0.1, 0.15) is 75.8 Å². The maximum absolute atomic E-state index is 12.5. The zero-order valence-corrected chi connectivity index (χ0v) is 25.2. The lowest BCUT2D eigenvalue weighted by Gasteiger charge is -2.28. The number of aromatic hydroxyl groups is 1. The van der Waals surface area contributed by atoms with E-state index in [4.69, 9.17) is 16.3 Å². The van der Waals surface area contributed by atoms with Gasteiger partial charge in [0.15, 0.2) is 0 Å². The van der Waals surface area contributed by atoms with Crippen molar-refractivity contribution in [2.24, 2.45) is 5.10 Å². The number of hydrogen-bond donors (Lipinski definition) is 2. The molecule has 0 aliphatic heterocycles. The molecule has 0 bridgehead atoms. The summed E-state index contributed by atoms with van der Waals surface area (Å²) < 4.78 is 6.67. The number of benzene rings is 3. The smallest absolute Gasteiger partial charge is 0.240 e. The van der Waals surface area contributed by atoms with Gasteiger partial charge in [0, 0.05) is 11.4 Å². The van der Waals surface area contributed by atoms with E-state index in [-0.39, 0.29) is 23.2 Å². The molecule has 0 saturated carbocycles. The summed E-state index contributed by atoms with van der Waals surface area (Å²) in [4.78, 5) is 12.5. The van der Waals surface area contributed by atoms with Gasteiger partial charge in [-0.05, 0) is 91.3 Å². The van der Waals surface area contributed by atoms with Gasteiger partial charge in [-0.3, -0.25) is 4.79 Å². The fourth-order valence-corrected chi connectivity index (χ4v) is 4.57. The third-order valence-electron chi connectivity index (χ3n) is 6.09. The van der Waals surface area contributed by atoms with Gasteiger partial charge in [-0.2, -0.15) is 5.10 Å². The highest BCUT2D eigenvalue weighted by Gasteiger charge is 2.26. The van der Waals surface area contributed by atoms with Crippen LogP contribution >= 0.6 is 27.5 Å². The molecule has 202 valence electrons. The highest BCUT2D eigenvalue weighted by molar-refractivity contribution is 9.10. The number of aryl methyl sites for hydroxylation is 1. The largest absolute Gasteiger partial charge is 0.507 e. The Labute approximate surface area is 239 Å². The Bertz CT molecular complexity index is 1270. The Hall–Kier alpha value is -2.83. The van der Waals surface area contributed by atoms with E-state index in [1.165, 1.54) is 0 Å². The summed E-state index contributed by atoms with van der Waals surface area (Å²) in [6, 6.07) is 17.1. The number of halogens is 2. The third-order valence-corrected chi connectivity index (χ3v) is 6.96. The van der Waals surface area contributed by atoms with E-state index in [9.17, 15) is 9.90 Å². The zero-order valence-electron chi connectivity index (χ0n) is 22.9. The number of hydrazone groups is 1. The molecule has 0 heterocycles. The molecule has 0 aromatic heterocycles. The second kappa shape index (κ2) is 12.4. The number of phenolic OH excluding ortho intramolecular Hbond substituents is 1. The van der Waals surface area contributed by atoms with E-state index in [2.05, 4.69) is 68.0 Å². The maximum Gasteiger partial charge on any atom is 0.240 e. The van der Waals surface area contributed by atoms with Gasteiger partial charge in [-0.25, -0.2) is 5.43 Å². The van der Waals surface area contributed by atoms with Crippen molar-refractivity contribution < 1.29 is 14.6 Å². The first kappa shape index (κ1) is 29.7. The molecule has 0 atom stereocenters. The number of carbonyl (C=O) groups excluding carboxylic acids is 1. The van der Waals surface area contributed by atoms with Crippen molar-refractivity contribution in [3.8, 4) is 11.5 Å². The fourth-order valence-electron chi connectivity index (χ4n) is 3.93. The minimum Gasteiger partial charge on any atom is -0.507 e. The van der Waals surface area contributed by atoms with E-state index in [1.807, 2.05) is 54.6 Å². The molecule has 0 radical (unpaired) electrons. The molecule has 2 N–H and O–H groups in total. The number of nitrogens with one attached hydrogen (secondary N) is 1. The van der Waals surface area contributed by atoms with Crippen LogP contribution in [0.4, 0.5) is 0 Å². The summed E-state index contributed by atoms with van der Waals surface area (Å²) in [7, 11) is 0. The highest BCUT2D eigenvalue weighted by Crippen LogP contribution is 2.40. The van der Waals surface area contributed by atoms with Gasteiger partial charge in [0.1, 0.15) is 18.1 Å². The van der Waals surface area contributed by atoms with Crippen LogP contribution in [0.25, 0.3) is 0 Å². The molecule has 0 aliphatic rings. The van der Waals surface area contributed by atoms with Crippen LogP contribution in [-0.4, -0.2) is 17.2 Å². The molecule has 0 unspecified atom stereocenters. The van der Waals surface area contributed by atoms with Gasteiger partial charge in [-0.15, -0.1) is 0 Å². The molecule has 3 aromatic carbocycles. The monoisotopic (exact) mass is 598 g/mol. The molecule has 7 heteroatoms. The summed E-state index contributed by atoms with van der Waals surface area (Å²) in [5, 5.41) is 15.7. The number of amides is 1. The van der Waals surface area contributed by atoms with Crippen LogP contribution < -0.4 is 10.2 Å². The van der Waals surface area contributed by atoms with Crippen LogP contribution in [0.2, 0.25) is 5.02 Å². The van der Waals surface area contributed by atoms with Crippen LogP contribution in [0.15, 0.2) is 64.2 Å². The van der Waals surface area contributed by atoms with Gasteiger partial charge >= 0.3 is 0 Å². The maximum atomic E-state index is 12.5. The molecule has 1 amide bonds. The summed E-state index contributed by atoms with van der Waals surface area (Å²) >= 11 is 9.46. The minimum absolute atomic E-state index is 0.175. The second-order valence-electron chi connectivity index (χ2n) is 11.4. The van der Waals surface area contributed by atoms with Crippen molar-refractivity contribution in [1.29, 1.82) is 0 Å². The van der Waals surface area contributed by atoms with E-state index < -0.39 is 0 Å². The molecule has 0 aliphatic carbocycles. The lowest BCUT2D eigenvalue weighted by Crippen LogP contribution is -2.20. The van der Waals surface area contributed by atoms with Crippen molar-refractivity contribution in [2.45, 2.75) is 71.8 Å². The Morgan fingerprint density at radius 1 is 0.974 bits per heavy atom. The Morgan fingerprint density at radius 3 is 2.13 bits per heavy atom. The van der Waals surface area contributed by atoms with Crippen LogP contribution in [-0.2, 0) is 28.7 Å². The molecule has 0 fully saturated rings. The second-order valence-corrected chi connectivity index (χ2v) is 12.7. The average Bonchev–Trinajstić information content (AvgIpc) is 2.82. The standard InChI is InChI=1S/C31H36BrClN2O3/c1-30(2,3)24-15-21(16-25(29(24)37)31(4,5)6)10-14-28(36)35-34-18-22-9-13-27(26(32)17-22)38-19-20-7-11-23(33)12-8-20/h7-9,11-13,15-18,37H,10,14,19H2,1-6H3,(H,35,36)/b34-18-. The molecule has 3 aromatic rings. The van der Waals surface area contributed by atoms with Crippen molar-refractivity contribution in [2.75, 3.05) is 0 Å². The molecule has 3 rings (SSSR count). The quantitative estimate of drug-likeness (QED) is 0.203. The predicted molar refractivity (Wildman–Crippen MR) is 159 cm³/mol. The topological polar surface area (TPSA) is 70.9 Å². The first-order valence-corrected chi connectivity index (χ1v) is 13.8. The zero-order chi connectivity index (χ0) is 28.1. The molecule has 38 heavy (non-hydrogen) atoms. The number of ether oxygens (including phenoxy) is 1. The number of rotatable bonds is 8. The molecular formula is C31H36BrClN2O3. The van der Waals surface area contributed by atoms with Crippen molar-refractivity contribution in [3.05, 3.63) is 91.9 Å². The van der Waals surface area contributed by atoms with Crippen molar-refractivity contribution in [1.82, 2.24) is 5.43 Å². The summed E-state index contributed by atoms with van der Waals surface area (Å²) in [5.74, 6) is 0.876.